The summed E-state index contributed by atoms with van der Waals surface area (Å²) in [5, 5.41) is 0. The predicted molar refractivity (Wildman–Crippen MR) is 68.9 cm³/mol. The predicted octanol–water partition coefficient (Wildman–Crippen LogP) is 2.99. The van der Waals surface area contributed by atoms with Gasteiger partial charge in [0, 0.05) is 26.7 Å². The lowest BCUT2D eigenvalue weighted by atomic mass is 10.2. The van der Waals surface area contributed by atoms with Gasteiger partial charge in [-0.25, -0.2) is 0 Å². The van der Waals surface area contributed by atoms with Crippen LogP contribution < -0.4 is 9.80 Å². The number of para-hydroxylation sites is 2. The maximum absolute atomic E-state index is 2.41. The van der Waals surface area contributed by atoms with Crippen molar-refractivity contribution in [2.75, 3.05) is 30.4 Å². The highest BCUT2D eigenvalue weighted by Crippen LogP contribution is 2.28. The Kier molecular flexibility index (Phi) is 4.01. The maximum Gasteiger partial charge on any atom is 0.0606 e. The van der Waals surface area contributed by atoms with Crippen molar-refractivity contribution in [2.45, 2.75) is 26.8 Å². The molecule has 0 radical (unpaired) electrons. The van der Waals surface area contributed by atoms with E-state index in [9.17, 15) is 0 Å². The summed E-state index contributed by atoms with van der Waals surface area (Å²) in [5.74, 6) is 0. The Morgan fingerprint density at radius 1 is 1.07 bits per heavy atom. The van der Waals surface area contributed by atoms with Gasteiger partial charge in [-0.1, -0.05) is 12.1 Å². The van der Waals surface area contributed by atoms with Gasteiger partial charge in [0.2, 0.25) is 0 Å². The molecule has 1 aromatic rings. The van der Waals surface area contributed by atoms with Gasteiger partial charge < -0.3 is 9.80 Å². The van der Waals surface area contributed by atoms with E-state index in [1.165, 1.54) is 11.4 Å². The van der Waals surface area contributed by atoms with Crippen LogP contribution in [0.25, 0.3) is 0 Å². The molecule has 0 fully saturated rings. The molecule has 0 unspecified atom stereocenters. The molecule has 0 aliphatic carbocycles. The molecule has 0 aliphatic rings. The minimum atomic E-state index is 0.538. The van der Waals surface area contributed by atoms with Crippen LogP contribution in [0.3, 0.4) is 0 Å². The molecule has 15 heavy (non-hydrogen) atoms. The maximum atomic E-state index is 2.41. The summed E-state index contributed by atoms with van der Waals surface area (Å²) < 4.78 is 0. The smallest absolute Gasteiger partial charge is 0.0606 e. The number of hydrogen-bond donors (Lipinski definition) is 0. The van der Waals surface area contributed by atoms with E-state index < -0.39 is 0 Å². The van der Waals surface area contributed by atoms with E-state index in [0.29, 0.717) is 6.04 Å². The zero-order valence-electron chi connectivity index (χ0n) is 10.5. The van der Waals surface area contributed by atoms with Gasteiger partial charge in [-0.15, -0.1) is 0 Å². The molecule has 0 aliphatic heterocycles. The van der Waals surface area contributed by atoms with E-state index in [2.05, 4.69) is 68.9 Å². The standard InChI is InChI=1S/C13H22N2/c1-6-15(11(2)3)13-10-8-7-9-12(13)14(4)5/h7-11H,6H2,1-5H3. The number of rotatable bonds is 4. The average Bonchev–Trinajstić information content (AvgIpc) is 2.18. The molecule has 0 atom stereocenters. The Hall–Kier alpha value is -1.18. The number of hydrogen-bond acceptors (Lipinski definition) is 2. The first-order chi connectivity index (χ1) is 7.07. The fraction of sp³-hybridized carbons (Fsp3) is 0.538. The van der Waals surface area contributed by atoms with Crippen molar-refractivity contribution in [1.82, 2.24) is 0 Å². The third-order valence-corrected chi connectivity index (χ3v) is 2.64. The van der Waals surface area contributed by atoms with Gasteiger partial charge in [-0.3, -0.25) is 0 Å². The van der Waals surface area contributed by atoms with Gasteiger partial charge in [0.15, 0.2) is 0 Å². The van der Waals surface area contributed by atoms with E-state index in [1.807, 2.05) is 0 Å². The summed E-state index contributed by atoms with van der Waals surface area (Å²) in [4.78, 5) is 4.58. The van der Waals surface area contributed by atoms with Crippen molar-refractivity contribution in [1.29, 1.82) is 0 Å². The second-order valence-corrected chi connectivity index (χ2v) is 4.26. The molecule has 2 heteroatoms. The lowest BCUT2D eigenvalue weighted by Crippen LogP contribution is -2.31. The van der Waals surface area contributed by atoms with Crippen LogP contribution in [0.4, 0.5) is 11.4 Å². The third kappa shape index (κ3) is 2.65. The van der Waals surface area contributed by atoms with Gasteiger partial charge in [-0.05, 0) is 32.9 Å². The van der Waals surface area contributed by atoms with E-state index in [1.54, 1.807) is 0 Å². The Labute approximate surface area is 93.5 Å². The second-order valence-electron chi connectivity index (χ2n) is 4.26. The molecular formula is C13H22N2. The molecule has 0 spiro atoms. The molecule has 0 bridgehead atoms. The molecule has 1 rings (SSSR count). The first kappa shape index (κ1) is 11.9. The molecular weight excluding hydrogens is 184 g/mol. The molecule has 0 saturated heterocycles. The highest BCUT2D eigenvalue weighted by molar-refractivity contribution is 5.71. The van der Waals surface area contributed by atoms with Gasteiger partial charge in [-0.2, -0.15) is 0 Å². The zero-order chi connectivity index (χ0) is 11.4. The monoisotopic (exact) mass is 206 g/mol. The number of anilines is 2. The van der Waals surface area contributed by atoms with Gasteiger partial charge in [0.25, 0.3) is 0 Å². The minimum absolute atomic E-state index is 0.538. The van der Waals surface area contributed by atoms with E-state index in [0.717, 1.165) is 6.54 Å². The minimum Gasteiger partial charge on any atom is -0.376 e. The van der Waals surface area contributed by atoms with Crippen LogP contribution in [0.15, 0.2) is 24.3 Å². The summed E-state index contributed by atoms with van der Waals surface area (Å²) in [5.41, 5.74) is 2.60. The lowest BCUT2D eigenvalue weighted by Gasteiger charge is -2.31. The Morgan fingerprint density at radius 2 is 1.60 bits per heavy atom. The van der Waals surface area contributed by atoms with Crippen molar-refractivity contribution in [2.24, 2.45) is 0 Å². The Balaban J connectivity index is 3.11. The van der Waals surface area contributed by atoms with Crippen LogP contribution in [0, 0.1) is 0 Å². The largest absolute Gasteiger partial charge is 0.376 e. The zero-order valence-corrected chi connectivity index (χ0v) is 10.5. The highest BCUT2D eigenvalue weighted by Gasteiger charge is 2.12. The number of benzene rings is 1. The molecule has 1 aromatic carbocycles. The summed E-state index contributed by atoms with van der Waals surface area (Å²) in [6.07, 6.45) is 0. The van der Waals surface area contributed by atoms with Crippen molar-refractivity contribution in [3.63, 3.8) is 0 Å². The summed E-state index contributed by atoms with van der Waals surface area (Å²) in [7, 11) is 4.18. The molecule has 0 aromatic heterocycles. The second kappa shape index (κ2) is 5.06. The van der Waals surface area contributed by atoms with Crippen LogP contribution in [0.5, 0.6) is 0 Å². The summed E-state index contributed by atoms with van der Waals surface area (Å²) in [6, 6.07) is 9.09. The molecule has 0 N–H and O–H groups in total. The fourth-order valence-electron chi connectivity index (χ4n) is 1.90. The highest BCUT2D eigenvalue weighted by atomic mass is 15.2. The fourth-order valence-corrected chi connectivity index (χ4v) is 1.90. The van der Waals surface area contributed by atoms with Crippen molar-refractivity contribution in [3.05, 3.63) is 24.3 Å². The first-order valence-corrected chi connectivity index (χ1v) is 5.61. The molecule has 0 saturated carbocycles. The lowest BCUT2D eigenvalue weighted by molar-refractivity contribution is 0.703. The van der Waals surface area contributed by atoms with E-state index in [-0.39, 0.29) is 0 Å². The molecule has 0 heterocycles. The van der Waals surface area contributed by atoms with E-state index >= 15 is 0 Å². The van der Waals surface area contributed by atoms with Gasteiger partial charge >= 0.3 is 0 Å². The Bertz CT molecular complexity index is 305. The quantitative estimate of drug-likeness (QED) is 0.747. The molecule has 84 valence electrons. The molecule has 2 nitrogen and oxygen atoms in total. The van der Waals surface area contributed by atoms with Crippen LogP contribution in [-0.4, -0.2) is 26.7 Å². The van der Waals surface area contributed by atoms with Crippen LogP contribution in [0.2, 0.25) is 0 Å². The summed E-state index contributed by atoms with van der Waals surface area (Å²) >= 11 is 0. The molecule has 0 amide bonds. The SMILES string of the molecule is CCN(c1ccccc1N(C)C)C(C)C. The van der Waals surface area contributed by atoms with E-state index in [4.69, 9.17) is 0 Å². The van der Waals surface area contributed by atoms with Crippen LogP contribution in [0.1, 0.15) is 20.8 Å². The number of nitrogens with zero attached hydrogens (tertiary/aromatic N) is 2. The van der Waals surface area contributed by atoms with Crippen LogP contribution >= 0.6 is 0 Å². The van der Waals surface area contributed by atoms with Crippen molar-refractivity contribution in [3.8, 4) is 0 Å². The first-order valence-electron chi connectivity index (χ1n) is 5.61. The van der Waals surface area contributed by atoms with Crippen LogP contribution in [-0.2, 0) is 0 Å². The topological polar surface area (TPSA) is 6.48 Å². The van der Waals surface area contributed by atoms with Gasteiger partial charge in [0.05, 0.1) is 11.4 Å². The normalized spacial score (nSPS) is 10.5. The average molecular weight is 206 g/mol. The van der Waals surface area contributed by atoms with Crippen molar-refractivity contribution < 1.29 is 0 Å². The van der Waals surface area contributed by atoms with Gasteiger partial charge in [0.1, 0.15) is 0 Å². The Morgan fingerprint density at radius 3 is 2.00 bits per heavy atom. The summed E-state index contributed by atoms with van der Waals surface area (Å²) in [6.45, 7) is 7.71. The third-order valence-electron chi connectivity index (χ3n) is 2.64. The van der Waals surface area contributed by atoms with Crippen molar-refractivity contribution >= 4 is 11.4 Å².